The Morgan fingerprint density at radius 2 is 1.87 bits per heavy atom. The average Bonchev–Trinajstić information content (AvgIpc) is 2.44. The molecule has 0 aromatic heterocycles. The zero-order valence-corrected chi connectivity index (χ0v) is 10.3. The Bertz CT molecular complexity index is 418. The zero-order chi connectivity index (χ0) is 11.0. The fraction of sp³-hybridized carbons (Fsp3) is 0.200. The van der Waals surface area contributed by atoms with Gasteiger partial charge in [0.15, 0.2) is 0 Å². The molecule has 1 fully saturated rings. The Balaban J connectivity index is 2.35. The number of nitrogens with zero attached hydrogens (tertiary/aromatic N) is 1. The fourth-order valence-electron chi connectivity index (χ4n) is 1.31. The number of benzene rings is 1. The summed E-state index contributed by atoms with van der Waals surface area (Å²) in [4.78, 5) is 24.4. The summed E-state index contributed by atoms with van der Waals surface area (Å²) in [5, 5.41) is -0.231. The molecule has 0 bridgehead atoms. The number of amides is 2. The molecule has 2 amide bonds. The molecule has 0 N–H and O–H groups in total. The van der Waals surface area contributed by atoms with Crippen LogP contribution in [0.25, 0.3) is 0 Å². The van der Waals surface area contributed by atoms with Crippen LogP contribution >= 0.6 is 27.7 Å². The first-order valence-electron chi connectivity index (χ1n) is 4.35. The SMILES string of the molecule is Cc1ccc(N2C(=O)S[C@@H](Br)C2=O)cc1. The highest BCUT2D eigenvalue weighted by atomic mass is 79.9. The van der Waals surface area contributed by atoms with E-state index in [1.165, 1.54) is 4.90 Å². The molecule has 0 spiro atoms. The maximum absolute atomic E-state index is 11.6. The average molecular weight is 286 g/mol. The largest absolute Gasteiger partial charge is 0.294 e. The van der Waals surface area contributed by atoms with Crippen LogP contribution in [0.3, 0.4) is 0 Å². The monoisotopic (exact) mass is 285 g/mol. The number of carbonyl (C=O) groups is 2. The Hall–Kier alpha value is -0.810. The second-order valence-electron chi connectivity index (χ2n) is 3.21. The van der Waals surface area contributed by atoms with E-state index in [-0.39, 0.29) is 11.1 Å². The third-order valence-electron chi connectivity index (χ3n) is 2.09. The summed E-state index contributed by atoms with van der Waals surface area (Å²) >= 11 is 4.14. The molecule has 5 heteroatoms. The van der Waals surface area contributed by atoms with Crippen molar-refractivity contribution in [3.05, 3.63) is 29.8 Å². The summed E-state index contributed by atoms with van der Waals surface area (Å²) < 4.78 is -0.452. The molecule has 1 aromatic carbocycles. The van der Waals surface area contributed by atoms with E-state index in [1.54, 1.807) is 12.1 Å². The van der Waals surface area contributed by atoms with Crippen LogP contribution in [0.5, 0.6) is 0 Å². The maximum Gasteiger partial charge on any atom is 0.294 e. The van der Waals surface area contributed by atoms with Crippen molar-refractivity contribution in [2.24, 2.45) is 0 Å². The molecule has 3 nitrogen and oxygen atoms in total. The van der Waals surface area contributed by atoms with Crippen molar-refractivity contribution in [2.75, 3.05) is 4.90 Å². The molecule has 1 aliphatic heterocycles. The lowest BCUT2D eigenvalue weighted by Gasteiger charge is -2.12. The molecule has 78 valence electrons. The number of hydrogen-bond donors (Lipinski definition) is 0. The second kappa shape index (κ2) is 3.98. The minimum absolute atomic E-state index is 0.214. The molecule has 2 rings (SSSR count). The van der Waals surface area contributed by atoms with Crippen LogP contribution in [0.1, 0.15) is 5.56 Å². The van der Waals surface area contributed by atoms with E-state index in [2.05, 4.69) is 15.9 Å². The molecule has 15 heavy (non-hydrogen) atoms. The number of imide groups is 1. The van der Waals surface area contributed by atoms with Gasteiger partial charge in [0, 0.05) is 0 Å². The van der Waals surface area contributed by atoms with Crippen LogP contribution in [0.4, 0.5) is 10.5 Å². The first-order valence-corrected chi connectivity index (χ1v) is 6.14. The van der Waals surface area contributed by atoms with Crippen molar-refractivity contribution in [1.82, 2.24) is 0 Å². The number of carbonyl (C=O) groups excluding carboxylic acids is 2. The second-order valence-corrected chi connectivity index (χ2v) is 5.79. The van der Waals surface area contributed by atoms with Crippen molar-refractivity contribution < 1.29 is 9.59 Å². The highest BCUT2D eigenvalue weighted by molar-refractivity contribution is 9.12. The summed E-state index contributed by atoms with van der Waals surface area (Å²) in [7, 11) is 0. The van der Waals surface area contributed by atoms with Gasteiger partial charge in [-0.3, -0.25) is 9.59 Å². The number of rotatable bonds is 1. The molecule has 1 aromatic rings. The van der Waals surface area contributed by atoms with E-state index < -0.39 is 4.16 Å². The fourth-order valence-corrected chi connectivity index (χ4v) is 2.68. The predicted octanol–water partition coefficient (Wildman–Crippen LogP) is 2.92. The van der Waals surface area contributed by atoms with Gasteiger partial charge >= 0.3 is 0 Å². The molecule has 1 atom stereocenters. The quantitative estimate of drug-likeness (QED) is 0.745. The summed E-state index contributed by atoms with van der Waals surface area (Å²) in [5.74, 6) is -0.214. The molecule has 1 heterocycles. The molecule has 1 saturated heterocycles. The van der Waals surface area contributed by atoms with E-state index in [9.17, 15) is 9.59 Å². The highest BCUT2D eigenvalue weighted by Crippen LogP contribution is 2.34. The predicted molar refractivity (Wildman–Crippen MR) is 64.4 cm³/mol. The van der Waals surface area contributed by atoms with Crippen molar-refractivity contribution in [3.8, 4) is 0 Å². The van der Waals surface area contributed by atoms with Crippen LogP contribution in [0, 0.1) is 6.92 Å². The van der Waals surface area contributed by atoms with Gasteiger partial charge in [-0.15, -0.1) is 0 Å². The topological polar surface area (TPSA) is 37.4 Å². The van der Waals surface area contributed by atoms with E-state index in [0.29, 0.717) is 5.69 Å². The highest BCUT2D eigenvalue weighted by Gasteiger charge is 2.38. The van der Waals surface area contributed by atoms with E-state index in [4.69, 9.17) is 0 Å². The normalized spacial score (nSPS) is 21.2. The summed E-state index contributed by atoms with van der Waals surface area (Å²) in [5.41, 5.74) is 1.73. The van der Waals surface area contributed by atoms with Crippen LogP contribution in [-0.2, 0) is 4.79 Å². The van der Waals surface area contributed by atoms with Gasteiger partial charge in [0.2, 0.25) is 0 Å². The van der Waals surface area contributed by atoms with E-state index >= 15 is 0 Å². The van der Waals surface area contributed by atoms with Crippen molar-refractivity contribution >= 4 is 44.5 Å². The third-order valence-corrected chi connectivity index (χ3v) is 3.84. The van der Waals surface area contributed by atoms with Gasteiger partial charge in [0.1, 0.15) is 4.16 Å². The lowest BCUT2D eigenvalue weighted by atomic mass is 10.2. The number of thioether (sulfide) groups is 1. The van der Waals surface area contributed by atoms with E-state index in [1.807, 2.05) is 19.1 Å². The third kappa shape index (κ3) is 1.94. The first-order chi connectivity index (χ1) is 7.09. The van der Waals surface area contributed by atoms with Gasteiger partial charge in [-0.2, -0.15) is 0 Å². The minimum Gasteiger partial charge on any atom is -0.272 e. The number of alkyl halides is 1. The summed E-state index contributed by atoms with van der Waals surface area (Å²) in [6.45, 7) is 1.96. The van der Waals surface area contributed by atoms with Gasteiger partial charge in [-0.1, -0.05) is 33.6 Å². The molecule has 1 aliphatic rings. The number of hydrogen-bond acceptors (Lipinski definition) is 3. The minimum atomic E-state index is -0.452. The van der Waals surface area contributed by atoms with E-state index in [0.717, 1.165) is 17.3 Å². The standard InChI is InChI=1S/C10H8BrNO2S/c1-6-2-4-7(5-3-6)12-9(13)8(11)15-10(12)14/h2-5,8H,1H3/t8-/m1/s1. The number of anilines is 1. The van der Waals surface area contributed by atoms with Crippen LogP contribution in [-0.4, -0.2) is 15.3 Å². The van der Waals surface area contributed by atoms with Crippen LogP contribution < -0.4 is 4.90 Å². The molecule has 0 saturated carbocycles. The van der Waals surface area contributed by atoms with Crippen molar-refractivity contribution in [2.45, 2.75) is 11.1 Å². The Morgan fingerprint density at radius 1 is 1.27 bits per heavy atom. The Labute approximate surface area is 100.0 Å². The maximum atomic E-state index is 11.6. The van der Waals surface area contributed by atoms with Crippen molar-refractivity contribution in [1.29, 1.82) is 0 Å². The van der Waals surface area contributed by atoms with Crippen LogP contribution in [0.2, 0.25) is 0 Å². The summed E-state index contributed by atoms with van der Waals surface area (Å²) in [6.07, 6.45) is 0. The zero-order valence-electron chi connectivity index (χ0n) is 7.94. The Morgan fingerprint density at radius 3 is 2.33 bits per heavy atom. The molecular weight excluding hydrogens is 278 g/mol. The molecular formula is C10H8BrNO2S. The molecule has 0 aliphatic carbocycles. The van der Waals surface area contributed by atoms with Gasteiger partial charge in [0.25, 0.3) is 11.1 Å². The van der Waals surface area contributed by atoms with Crippen molar-refractivity contribution in [3.63, 3.8) is 0 Å². The van der Waals surface area contributed by atoms with Gasteiger partial charge in [-0.25, -0.2) is 4.90 Å². The number of halogens is 1. The first kappa shape index (κ1) is 10.7. The van der Waals surface area contributed by atoms with Gasteiger partial charge in [0.05, 0.1) is 5.69 Å². The number of aryl methyl sites for hydroxylation is 1. The van der Waals surface area contributed by atoms with Gasteiger partial charge in [-0.05, 0) is 30.8 Å². The summed E-state index contributed by atoms with van der Waals surface area (Å²) in [6, 6.07) is 7.30. The molecule has 0 radical (unpaired) electrons. The van der Waals surface area contributed by atoms with Gasteiger partial charge < -0.3 is 0 Å². The molecule has 0 unspecified atom stereocenters. The smallest absolute Gasteiger partial charge is 0.272 e. The lowest BCUT2D eigenvalue weighted by Crippen LogP contribution is -2.29. The lowest BCUT2D eigenvalue weighted by molar-refractivity contribution is -0.115. The van der Waals surface area contributed by atoms with Crippen LogP contribution in [0.15, 0.2) is 24.3 Å². The Kier molecular flexibility index (Phi) is 2.84.